The third-order valence-corrected chi connectivity index (χ3v) is 6.07. The molecule has 2 amide bonds. The van der Waals surface area contributed by atoms with Crippen molar-refractivity contribution in [1.29, 1.82) is 0 Å². The number of nitrogens with zero attached hydrogens (tertiary/aromatic N) is 1. The third kappa shape index (κ3) is 5.67. The van der Waals surface area contributed by atoms with Gasteiger partial charge in [0.2, 0.25) is 5.91 Å². The minimum atomic E-state index is -0.664. The molecular formula is C23H27Cl2N3O2. The maximum absolute atomic E-state index is 13.0. The molecule has 0 saturated carbocycles. The summed E-state index contributed by atoms with van der Waals surface area (Å²) < 4.78 is 0. The summed E-state index contributed by atoms with van der Waals surface area (Å²) in [5, 5.41) is 6.27. The van der Waals surface area contributed by atoms with Crippen molar-refractivity contribution >= 4 is 46.4 Å². The maximum atomic E-state index is 13.0. The summed E-state index contributed by atoms with van der Waals surface area (Å²) >= 11 is 12.2. The zero-order valence-electron chi connectivity index (χ0n) is 17.1. The van der Waals surface area contributed by atoms with Gasteiger partial charge >= 0.3 is 0 Å². The third-order valence-electron chi connectivity index (χ3n) is 5.25. The van der Waals surface area contributed by atoms with Crippen LogP contribution in [0.4, 0.5) is 11.4 Å². The smallest absolute Gasteiger partial charge is 0.253 e. The highest BCUT2D eigenvalue weighted by atomic mass is 35.5. The Balaban J connectivity index is 1.71. The lowest BCUT2D eigenvalue weighted by Crippen LogP contribution is -2.43. The standard InChI is InChI=1S/C23H27Cl2N3O2/c1-2-3-12-20(27-22(29)18-10-7-11-19(24)21(18)25)23(30)26-16-8-6-9-17(15-16)28-13-4-5-14-28/h6-11,15,20H,2-5,12-14H2,1H3,(H,26,30)(H,27,29). The second-order valence-corrected chi connectivity index (χ2v) is 8.29. The zero-order valence-corrected chi connectivity index (χ0v) is 18.6. The van der Waals surface area contributed by atoms with Gasteiger partial charge in [0.05, 0.1) is 15.6 Å². The van der Waals surface area contributed by atoms with E-state index in [0.717, 1.165) is 37.3 Å². The molecule has 1 atom stereocenters. The number of carbonyl (C=O) groups excluding carboxylic acids is 2. The van der Waals surface area contributed by atoms with Gasteiger partial charge in [-0.1, -0.05) is 55.1 Å². The van der Waals surface area contributed by atoms with Crippen molar-refractivity contribution in [1.82, 2.24) is 5.32 Å². The Labute approximate surface area is 187 Å². The quantitative estimate of drug-likeness (QED) is 0.559. The summed E-state index contributed by atoms with van der Waals surface area (Å²) in [4.78, 5) is 28.0. The summed E-state index contributed by atoms with van der Waals surface area (Å²) in [6.45, 7) is 4.12. The van der Waals surface area contributed by atoms with Crippen molar-refractivity contribution in [2.45, 2.75) is 45.1 Å². The number of hydrogen-bond donors (Lipinski definition) is 2. The molecule has 160 valence electrons. The Morgan fingerprint density at radius 2 is 1.83 bits per heavy atom. The highest BCUT2D eigenvalue weighted by Crippen LogP contribution is 2.26. The molecule has 1 unspecified atom stereocenters. The maximum Gasteiger partial charge on any atom is 0.253 e. The van der Waals surface area contributed by atoms with E-state index in [4.69, 9.17) is 23.2 Å². The van der Waals surface area contributed by atoms with E-state index in [1.54, 1.807) is 18.2 Å². The SMILES string of the molecule is CCCCC(NC(=O)c1cccc(Cl)c1Cl)C(=O)Nc1cccc(N2CCCC2)c1. The van der Waals surface area contributed by atoms with E-state index >= 15 is 0 Å². The van der Waals surface area contributed by atoms with E-state index in [-0.39, 0.29) is 16.5 Å². The Hall–Kier alpha value is -2.24. The predicted octanol–water partition coefficient (Wildman–Crippen LogP) is 5.52. The number of hydrogen-bond acceptors (Lipinski definition) is 3. The number of benzene rings is 2. The molecule has 7 heteroatoms. The van der Waals surface area contributed by atoms with Gasteiger partial charge < -0.3 is 15.5 Å². The molecule has 5 nitrogen and oxygen atoms in total. The van der Waals surface area contributed by atoms with Crippen LogP contribution in [0.2, 0.25) is 10.0 Å². The lowest BCUT2D eigenvalue weighted by molar-refractivity contribution is -0.118. The molecule has 1 fully saturated rings. The van der Waals surface area contributed by atoms with Crippen LogP contribution in [0.5, 0.6) is 0 Å². The van der Waals surface area contributed by atoms with Crippen LogP contribution < -0.4 is 15.5 Å². The summed E-state index contributed by atoms with van der Waals surface area (Å²) in [6.07, 6.45) is 4.65. The second kappa shape index (κ2) is 10.7. The normalized spacial score (nSPS) is 14.4. The van der Waals surface area contributed by atoms with Crippen molar-refractivity contribution in [3.8, 4) is 0 Å². The molecule has 1 heterocycles. The average molecular weight is 448 g/mol. The van der Waals surface area contributed by atoms with Crippen molar-refractivity contribution in [2.75, 3.05) is 23.3 Å². The van der Waals surface area contributed by atoms with Crippen LogP contribution in [0.25, 0.3) is 0 Å². The minimum absolute atomic E-state index is 0.185. The molecular weight excluding hydrogens is 421 g/mol. The molecule has 0 spiro atoms. The first-order chi connectivity index (χ1) is 14.5. The van der Waals surface area contributed by atoms with Gasteiger partial charge in [0.15, 0.2) is 0 Å². The highest BCUT2D eigenvalue weighted by Gasteiger charge is 2.23. The molecule has 0 radical (unpaired) electrons. The highest BCUT2D eigenvalue weighted by molar-refractivity contribution is 6.43. The Morgan fingerprint density at radius 3 is 2.57 bits per heavy atom. The van der Waals surface area contributed by atoms with Gasteiger partial charge in [0.25, 0.3) is 5.91 Å². The number of rotatable bonds is 8. The van der Waals surface area contributed by atoms with Crippen LogP contribution in [-0.4, -0.2) is 30.9 Å². The van der Waals surface area contributed by atoms with E-state index in [1.165, 1.54) is 12.8 Å². The molecule has 2 aromatic carbocycles. The topological polar surface area (TPSA) is 61.4 Å². The predicted molar refractivity (Wildman–Crippen MR) is 124 cm³/mol. The summed E-state index contributed by atoms with van der Waals surface area (Å²) in [7, 11) is 0. The van der Waals surface area contributed by atoms with Crippen molar-refractivity contribution in [2.24, 2.45) is 0 Å². The molecule has 2 N–H and O–H groups in total. The van der Waals surface area contributed by atoms with Crippen LogP contribution in [0.3, 0.4) is 0 Å². The number of amides is 2. The number of unbranched alkanes of at least 4 members (excludes halogenated alkanes) is 1. The van der Waals surface area contributed by atoms with Gasteiger partial charge in [-0.3, -0.25) is 9.59 Å². The van der Waals surface area contributed by atoms with Crippen LogP contribution in [0.15, 0.2) is 42.5 Å². The van der Waals surface area contributed by atoms with E-state index in [1.807, 2.05) is 25.1 Å². The molecule has 3 rings (SSSR count). The zero-order chi connectivity index (χ0) is 21.5. The fourth-order valence-corrected chi connectivity index (χ4v) is 3.96. The average Bonchev–Trinajstić information content (AvgIpc) is 3.28. The van der Waals surface area contributed by atoms with E-state index in [0.29, 0.717) is 11.4 Å². The number of carbonyl (C=O) groups is 2. The Kier molecular flexibility index (Phi) is 8.00. The minimum Gasteiger partial charge on any atom is -0.371 e. The van der Waals surface area contributed by atoms with E-state index < -0.39 is 11.9 Å². The van der Waals surface area contributed by atoms with Crippen LogP contribution in [0.1, 0.15) is 49.4 Å². The van der Waals surface area contributed by atoms with Gasteiger partial charge in [0.1, 0.15) is 6.04 Å². The fraction of sp³-hybridized carbons (Fsp3) is 0.391. The van der Waals surface area contributed by atoms with E-state index in [2.05, 4.69) is 21.6 Å². The van der Waals surface area contributed by atoms with Gasteiger partial charge in [-0.05, 0) is 49.6 Å². The summed E-state index contributed by atoms with van der Waals surface area (Å²) in [5.74, 6) is -0.655. The second-order valence-electron chi connectivity index (χ2n) is 7.50. The summed E-state index contributed by atoms with van der Waals surface area (Å²) in [5.41, 5.74) is 2.08. The van der Waals surface area contributed by atoms with Gasteiger partial charge in [-0.15, -0.1) is 0 Å². The van der Waals surface area contributed by atoms with Gasteiger partial charge in [-0.25, -0.2) is 0 Å². The number of halogens is 2. The first kappa shape index (κ1) is 22.4. The lowest BCUT2D eigenvalue weighted by Gasteiger charge is -2.21. The molecule has 2 aromatic rings. The van der Waals surface area contributed by atoms with Gasteiger partial charge in [-0.2, -0.15) is 0 Å². The number of nitrogens with one attached hydrogen (secondary N) is 2. The molecule has 1 aliphatic rings. The molecule has 1 aliphatic heterocycles. The first-order valence-electron chi connectivity index (χ1n) is 10.4. The molecule has 0 bridgehead atoms. The number of anilines is 2. The van der Waals surface area contributed by atoms with Crippen molar-refractivity contribution < 1.29 is 9.59 Å². The Morgan fingerprint density at radius 1 is 1.10 bits per heavy atom. The molecule has 1 saturated heterocycles. The van der Waals surface area contributed by atoms with E-state index in [9.17, 15) is 9.59 Å². The first-order valence-corrected chi connectivity index (χ1v) is 11.2. The van der Waals surface area contributed by atoms with Crippen LogP contribution in [-0.2, 0) is 4.79 Å². The fourth-order valence-electron chi connectivity index (χ4n) is 3.58. The lowest BCUT2D eigenvalue weighted by atomic mass is 10.1. The molecule has 0 aliphatic carbocycles. The Bertz CT molecular complexity index is 898. The van der Waals surface area contributed by atoms with Crippen molar-refractivity contribution in [3.05, 3.63) is 58.1 Å². The molecule has 0 aromatic heterocycles. The van der Waals surface area contributed by atoms with Gasteiger partial charge in [0, 0.05) is 24.5 Å². The monoisotopic (exact) mass is 447 g/mol. The summed E-state index contributed by atoms with van der Waals surface area (Å²) in [6, 6.07) is 12.1. The molecule has 30 heavy (non-hydrogen) atoms. The van der Waals surface area contributed by atoms with Crippen LogP contribution >= 0.6 is 23.2 Å². The largest absolute Gasteiger partial charge is 0.371 e. The van der Waals surface area contributed by atoms with Crippen LogP contribution in [0, 0.1) is 0 Å². The van der Waals surface area contributed by atoms with Crippen molar-refractivity contribution in [3.63, 3.8) is 0 Å².